The van der Waals surface area contributed by atoms with Crippen LogP contribution in [0, 0.1) is 5.41 Å². The number of nitrogens with one attached hydrogen (secondary N) is 1. The molecule has 2 fully saturated rings. The van der Waals surface area contributed by atoms with Crippen molar-refractivity contribution >= 4 is 5.91 Å². The Bertz CT molecular complexity index is 310. The van der Waals surface area contributed by atoms with Crippen LogP contribution in [0.5, 0.6) is 0 Å². The fraction of sp³-hybridized carbons (Fsp3) is 0.938. The van der Waals surface area contributed by atoms with Gasteiger partial charge in [0.1, 0.15) is 0 Å². The van der Waals surface area contributed by atoms with Gasteiger partial charge in [-0.25, -0.2) is 0 Å². The lowest BCUT2D eigenvalue weighted by Gasteiger charge is -2.43. The van der Waals surface area contributed by atoms with Gasteiger partial charge >= 0.3 is 0 Å². The van der Waals surface area contributed by atoms with E-state index in [2.05, 4.69) is 35.9 Å². The van der Waals surface area contributed by atoms with E-state index in [0.29, 0.717) is 11.9 Å². The lowest BCUT2D eigenvalue weighted by molar-refractivity contribution is -0.146. The molecule has 4 nitrogen and oxygen atoms in total. The average molecular weight is 281 g/mol. The molecular weight excluding hydrogens is 250 g/mol. The Labute approximate surface area is 123 Å². The third kappa shape index (κ3) is 3.34. The zero-order valence-electron chi connectivity index (χ0n) is 13.5. The maximum Gasteiger partial charge on any atom is 0.228 e. The van der Waals surface area contributed by atoms with Gasteiger partial charge in [-0.15, -0.1) is 0 Å². The molecule has 0 spiro atoms. The molecule has 0 saturated carbocycles. The third-order valence-corrected chi connectivity index (χ3v) is 5.07. The summed E-state index contributed by atoms with van der Waals surface area (Å²) in [6.07, 6.45) is 4.20. The Kier molecular flexibility index (Phi) is 5.44. The molecule has 0 aromatic rings. The largest absolute Gasteiger partial charge is 0.340 e. The predicted octanol–water partition coefficient (Wildman–Crippen LogP) is 1.71. The molecule has 1 amide bonds. The molecule has 20 heavy (non-hydrogen) atoms. The van der Waals surface area contributed by atoms with Crippen molar-refractivity contribution in [1.82, 2.24) is 15.1 Å². The van der Waals surface area contributed by atoms with E-state index in [9.17, 15) is 4.79 Å². The molecule has 0 aromatic heterocycles. The molecule has 0 aliphatic carbocycles. The summed E-state index contributed by atoms with van der Waals surface area (Å²) in [5, 5.41) is 3.40. The Hall–Kier alpha value is -0.610. The van der Waals surface area contributed by atoms with Gasteiger partial charge in [-0.05, 0) is 46.2 Å². The summed E-state index contributed by atoms with van der Waals surface area (Å²) in [7, 11) is 0. The van der Waals surface area contributed by atoms with Gasteiger partial charge in [-0.3, -0.25) is 9.69 Å². The zero-order valence-corrected chi connectivity index (χ0v) is 13.5. The molecule has 116 valence electrons. The molecule has 2 rings (SSSR count). The van der Waals surface area contributed by atoms with E-state index in [0.717, 1.165) is 65.0 Å². The van der Waals surface area contributed by atoms with Crippen LogP contribution < -0.4 is 5.32 Å². The number of nitrogens with zero attached hydrogens (tertiary/aromatic N) is 2. The summed E-state index contributed by atoms with van der Waals surface area (Å²) >= 11 is 0. The fourth-order valence-electron chi connectivity index (χ4n) is 3.73. The summed E-state index contributed by atoms with van der Waals surface area (Å²) in [4.78, 5) is 17.6. The fourth-order valence-corrected chi connectivity index (χ4v) is 3.73. The van der Waals surface area contributed by atoms with Crippen LogP contribution in [0.15, 0.2) is 0 Å². The zero-order chi connectivity index (χ0) is 14.6. The predicted molar refractivity (Wildman–Crippen MR) is 82.7 cm³/mol. The summed E-state index contributed by atoms with van der Waals surface area (Å²) in [6.45, 7) is 12.6. The number of amides is 1. The van der Waals surface area contributed by atoms with Crippen LogP contribution in [0.4, 0.5) is 0 Å². The summed E-state index contributed by atoms with van der Waals surface area (Å²) in [5.74, 6) is 0.434. The van der Waals surface area contributed by atoms with Crippen molar-refractivity contribution in [3.05, 3.63) is 0 Å². The SMILES string of the molecule is CCCC1(C(=O)N2CCN(C(C)C)CC2)CCNCC1. The first-order valence-electron chi connectivity index (χ1n) is 8.33. The first-order valence-corrected chi connectivity index (χ1v) is 8.33. The van der Waals surface area contributed by atoms with E-state index in [-0.39, 0.29) is 5.41 Å². The van der Waals surface area contributed by atoms with Crippen LogP contribution in [0.25, 0.3) is 0 Å². The number of hydrogen-bond acceptors (Lipinski definition) is 3. The highest BCUT2D eigenvalue weighted by atomic mass is 16.2. The second-order valence-electron chi connectivity index (χ2n) is 6.70. The Morgan fingerprint density at radius 2 is 1.75 bits per heavy atom. The van der Waals surface area contributed by atoms with Crippen molar-refractivity contribution in [1.29, 1.82) is 0 Å². The smallest absolute Gasteiger partial charge is 0.228 e. The first kappa shape index (κ1) is 15.8. The first-order chi connectivity index (χ1) is 9.59. The Morgan fingerprint density at radius 3 is 2.25 bits per heavy atom. The average Bonchev–Trinajstić information content (AvgIpc) is 2.48. The number of hydrogen-bond donors (Lipinski definition) is 1. The highest BCUT2D eigenvalue weighted by molar-refractivity contribution is 5.83. The quantitative estimate of drug-likeness (QED) is 0.852. The normalized spacial score (nSPS) is 24.1. The maximum atomic E-state index is 13.0. The van der Waals surface area contributed by atoms with E-state index in [1.54, 1.807) is 0 Å². The number of piperazine rings is 1. The minimum absolute atomic E-state index is 0.0694. The second kappa shape index (κ2) is 6.90. The minimum atomic E-state index is -0.0694. The van der Waals surface area contributed by atoms with E-state index >= 15 is 0 Å². The van der Waals surface area contributed by atoms with Crippen LogP contribution in [-0.2, 0) is 4.79 Å². The molecule has 2 aliphatic heterocycles. The van der Waals surface area contributed by atoms with Crippen molar-refractivity contribution in [2.75, 3.05) is 39.3 Å². The summed E-state index contributed by atoms with van der Waals surface area (Å²) in [6, 6.07) is 0.593. The van der Waals surface area contributed by atoms with Gasteiger partial charge in [-0.2, -0.15) is 0 Å². The highest BCUT2D eigenvalue weighted by Gasteiger charge is 2.41. The van der Waals surface area contributed by atoms with E-state index in [4.69, 9.17) is 0 Å². The molecule has 2 heterocycles. The third-order valence-electron chi connectivity index (χ3n) is 5.07. The van der Waals surface area contributed by atoms with Crippen LogP contribution in [-0.4, -0.2) is 61.0 Å². The minimum Gasteiger partial charge on any atom is -0.340 e. The number of carbonyl (C=O) groups excluding carboxylic acids is 1. The molecule has 2 saturated heterocycles. The van der Waals surface area contributed by atoms with E-state index in [1.807, 2.05) is 0 Å². The Balaban J connectivity index is 1.98. The van der Waals surface area contributed by atoms with Crippen molar-refractivity contribution in [2.45, 2.75) is 52.5 Å². The summed E-state index contributed by atoms with van der Waals surface area (Å²) < 4.78 is 0. The van der Waals surface area contributed by atoms with E-state index < -0.39 is 0 Å². The molecule has 0 bridgehead atoms. The number of piperidine rings is 1. The molecule has 0 aromatic carbocycles. The highest BCUT2D eigenvalue weighted by Crippen LogP contribution is 2.36. The number of carbonyl (C=O) groups is 1. The van der Waals surface area contributed by atoms with E-state index in [1.165, 1.54) is 0 Å². The standard InChI is InChI=1S/C16H31N3O/c1-4-5-16(6-8-17-9-7-16)15(20)19-12-10-18(11-13-19)14(2)3/h14,17H,4-13H2,1-3H3. The van der Waals surface area contributed by atoms with Gasteiger partial charge in [-0.1, -0.05) is 13.3 Å². The van der Waals surface area contributed by atoms with Crippen molar-refractivity contribution in [3.8, 4) is 0 Å². The lowest BCUT2D eigenvalue weighted by Crippen LogP contribution is -2.56. The van der Waals surface area contributed by atoms with Crippen molar-refractivity contribution in [2.24, 2.45) is 5.41 Å². The molecule has 0 atom stereocenters. The van der Waals surface area contributed by atoms with Gasteiger partial charge in [0.15, 0.2) is 0 Å². The van der Waals surface area contributed by atoms with Gasteiger partial charge in [0, 0.05) is 32.2 Å². The van der Waals surface area contributed by atoms with Gasteiger partial charge in [0.2, 0.25) is 5.91 Å². The molecule has 4 heteroatoms. The topological polar surface area (TPSA) is 35.6 Å². The van der Waals surface area contributed by atoms with Crippen LogP contribution in [0.2, 0.25) is 0 Å². The van der Waals surface area contributed by atoms with Gasteiger partial charge in [0.25, 0.3) is 0 Å². The van der Waals surface area contributed by atoms with Crippen molar-refractivity contribution in [3.63, 3.8) is 0 Å². The molecule has 1 N–H and O–H groups in total. The second-order valence-corrected chi connectivity index (χ2v) is 6.70. The van der Waals surface area contributed by atoms with Gasteiger partial charge in [0.05, 0.1) is 5.41 Å². The molecule has 0 unspecified atom stereocenters. The maximum absolute atomic E-state index is 13.0. The molecule has 2 aliphatic rings. The van der Waals surface area contributed by atoms with Crippen LogP contribution >= 0.6 is 0 Å². The molecular formula is C16H31N3O. The monoisotopic (exact) mass is 281 g/mol. The lowest BCUT2D eigenvalue weighted by atomic mass is 9.74. The van der Waals surface area contributed by atoms with Crippen LogP contribution in [0.1, 0.15) is 46.5 Å². The van der Waals surface area contributed by atoms with Crippen LogP contribution in [0.3, 0.4) is 0 Å². The molecule has 0 radical (unpaired) electrons. The number of rotatable bonds is 4. The van der Waals surface area contributed by atoms with Crippen molar-refractivity contribution < 1.29 is 4.79 Å². The van der Waals surface area contributed by atoms with Gasteiger partial charge < -0.3 is 10.2 Å². The Morgan fingerprint density at radius 1 is 1.15 bits per heavy atom. The summed E-state index contributed by atoms with van der Waals surface area (Å²) in [5.41, 5.74) is -0.0694.